The van der Waals surface area contributed by atoms with Crippen LogP contribution in [-0.2, 0) is 9.84 Å². The van der Waals surface area contributed by atoms with E-state index in [0.29, 0.717) is 11.4 Å². The number of sulfone groups is 1. The van der Waals surface area contributed by atoms with Gasteiger partial charge in [0.25, 0.3) is 5.91 Å². The molecule has 0 unspecified atom stereocenters. The number of para-hydroxylation sites is 2. The van der Waals surface area contributed by atoms with Crippen molar-refractivity contribution in [1.82, 2.24) is 0 Å². The van der Waals surface area contributed by atoms with Crippen molar-refractivity contribution in [3.05, 3.63) is 83.9 Å². The number of hydrogen-bond donors (Lipinski definition) is 2. The Hall–Kier alpha value is -3.73. The highest BCUT2D eigenvalue weighted by atomic mass is 32.2. The highest BCUT2D eigenvalue weighted by Crippen LogP contribution is 2.27. The molecule has 36 heavy (non-hydrogen) atoms. The molecule has 0 saturated carbocycles. The molecule has 192 valence electrons. The van der Waals surface area contributed by atoms with Crippen molar-refractivity contribution in [3.8, 4) is 5.75 Å². The smallest absolute Gasteiger partial charge is 0.257 e. The first-order valence-corrected chi connectivity index (χ1v) is 12.4. The Kier molecular flexibility index (Phi) is 9.74. The molecule has 0 radical (unpaired) electrons. The van der Waals surface area contributed by atoms with Crippen LogP contribution in [0.2, 0.25) is 0 Å². The molecule has 0 fully saturated rings. The van der Waals surface area contributed by atoms with Crippen LogP contribution in [0, 0.1) is 0 Å². The molecule has 1 amide bonds. The summed E-state index contributed by atoms with van der Waals surface area (Å²) in [5.41, 5.74) is 0.194. The molecule has 0 bridgehead atoms. The van der Waals surface area contributed by atoms with E-state index in [9.17, 15) is 23.1 Å². The minimum atomic E-state index is -4.07. The molecule has 3 rings (SSSR count). The molecular formula is C26H30N2O7S. The van der Waals surface area contributed by atoms with Gasteiger partial charge in [0.1, 0.15) is 12.3 Å². The fourth-order valence-electron chi connectivity index (χ4n) is 3.02. The first kappa shape index (κ1) is 28.5. The number of aromatic carboxylic acids is 1. The van der Waals surface area contributed by atoms with Gasteiger partial charge in [0.2, 0.25) is 9.84 Å². The number of carbonyl (C=O) groups is 2. The van der Waals surface area contributed by atoms with Gasteiger partial charge in [-0.3, -0.25) is 4.79 Å². The van der Waals surface area contributed by atoms with Gasteiger partial charge < -0.3 is 29.5 Å². The molecule has 0 aliphatic heterocycles. The van der Waals surface area contributed by atoms with Crippen molar-refractivity contribution in [3.63, 3.8) is 0 Å². The van der Waals surface area contributed by atoms with Crippen LogP contribution in [0.25, 0.3) is 0 Å². The number of hydrogen-bond acceptors (Lipinski definition) is 7. The highest BCUT2D eigenvalue weighted by molar-refractivity contribution is 7.91. The van der Waals surface area contributed by atoms with Crippen molar-refractivity contribution < 1.29 is 37.4 Å². The summed E-state index contributed by atoms with van der Waals surface area (Å²) in [5.74, 6) is -1.61. The average Bonchev–Trinajstić information content (AvgIpc) is 2.84. The second-order valence-electron chi connectivity index (χ2n) is 8.70. The number of amides is 1. The highest BCUT2D eigenvalue weighted by Gasteiger charge is 2.24. The SMILES string of the molecule is COc1ccccc1NC(=O)c1ccccc1S(=O)(=O)c1ccc(C(=O)[O-])cc1.C[N+](C)(C)CCO. The summed E-state index contributed by atoms with van der Waals surface area (Å²) in [6.07, 6.45) is 0. The monoisotopic (exact) mass is 514 g/mol. The van der Waals surface area contributed by atoms with E-state index in [1.165, 1.54) is 25.3 Å². The second-order valence-corrected chi connectivity index (χ2v) is 10.6. The number of benzene rings is 3. The molecule has 0 aliphatic rings. The fourth-order valence-corrected chi connectivity index (χ4v) is 4.48. The quantitative estimate of drug-likeness (QED) is 0.438. The van der Waals surface area contributed by atoms with Crippen molar-refractivity contribution in [2.45, 2.75) is 9.79 Å². The van der Waals surface area contributed by atoms with Gasteiger partial charge in [-0.25, -0.2) is 8.42 Å². The normalized spacial score (nSPS) is 11.1. The molecule has 0 aromatic heterocycles. The number of carboxylic acids is 1. The number of likely N-dealkylation sites (N-methyl/N-ethyl adjacent to an activating group) is 1. The lowest BCUT2D eigenvalue weighted by atomic mass is 10.2. The standard InChI is InChI=1S/C21H17NO6S.C5H14NO/c1-28-18-8-4-3-7-17(18)22-20(23)16-6-2-5-9-19(16)29(26,27)15-12-10-14(11-13-15)21(24)25;1-6(2,3)4-5-7/h2-13H,1H3,(H,22,23)(H,24,25);7H,4-5H2,1-3H3/q;+1/p-1. The zero-order valence-corrected chi connectivity index (χ0v) is 21.4. The van der Waals surface area contributed by atoms with E-state index in [4.69, 9.17) is 9.84 Å². The predicted octanol–water partition coefficient (Wildman–Crippen LogP) is 1.83. The maximum absolute atomic E-state index is 13.0. The Labute approximate surface area is 211 Å². The van der Waals surface area contributed by atoms with Crippen molar-refractivity contribution in [2.75, 3.05) is 46.7 Å². The van der Waals surface area contributed by atoms with Gasteiger partial charge in [-0.2, -0.15) is 0 Å². The molecule has 0 heterocycles. The van der Waals surface area contributed by atoms with E-state index in [2.05, 4.69) is 26.5 Å². The summed E-state index contributed by atoms with van der Waals surface area (Å²) in [7, 11) is 3.54. The van der Waals surface area contributed by atoms with E-state index in [1.807, 2.05) is 0 Å². The number of aliphatic hydroxyl groups is 1. The lowest BCUT2D eigenvalue weighted by Crippen LogP contribution is -2.36. The lowest BCUT2D eigenvalue weighted by Gasteiger charge is -2.21. The molecule has 2 N–H and O–H groups in total. The van der Waals surface area contributed by atoms with Crippen molar-refractivity contribution >= 4 is 27.4 Å². The van der Waals surface area contributed by atoms with E-state index in [1.54, 1.807) is 30.3 Å². The summed E-state index contributed by atoms with van der Waals surface area (Å²) in [5, 5.41) is 21.9. The summed E-state index contributed by atoms with van der Waals surface area (Å²) < 4.78 is 32.1. The maximum atomic E-state index is 13.0. The lowest BCUT2D eigenvalue weighted by molar-refractivity contribution is -0.870. The molecule has 0 aliphatic carbocycles. The van der Waals surface area contributed by atoms with Crippen LogP contribution < -0.4 is 15.2 Å². The van der Waals surface area contributed by atoms with Gasteiger partial charge in [-0.05, 0) is 42.0 Å². The number of carbonyl (C=O) groups excluding carboxylic acids is 2. The molecular weight excluding hydrogens is 484 g/mol. The Morgan fingerprint density at radius 3 is 2.06 bits per heavy atom. The zero-order valence-electron chi connectivity index (χ0n) is 20.6. The van der Waals surface area contributed by atoms with Gasteiger partial charge in [0, 0.05) is 0 Å². The van der Waals surface area contributed by atoms with Crippen LogP contribution in [0.3, 0.4) is 0 Å². The predicted molar refractivity (Wildman–Crippen MR) is 134 cm³/mol. The van der Waals surface area contributed by atoms with Crippen molar-refractivity contribution in [1.29, 1.82) is 0 Å². The first-order valence-electron chi connectivity index (χ1n) is 10.9. The Balaban J connectivity index is 0.000000572. The number of rotatable bonds is 8. The van der Waals surface area contributed by atoms with Crippen LogP contribution in [0.5, 0.6) is 5.75 Å². The van der Waals surface area contributed by atoms with E-state index >= 15 is 0 Å². The Morgan fingerprint density at radius 1 is 0.944 bits per heavy atom. The van der Waals surface area contributed by atoms with E-state index in [-0.39, 0.29) is 27.5 Å². The Morgan fingerprint density at radius 2 is 1.53 bits per heavy atom. The number of methoxy groups -OCH3 is 1. The topological polar surface area (TPSA) is 133 Å². The number of quaternary nitrogens is 1. The molecule has 0 spiro atoms. The molecule has 9 nitrogen and oxygen atoms in total. The minimum Gasteiger partial charge on any atom is -0.545 e. The number of anilines is 1. The molecule has 0 saturated heterocycles. The van der Waals surface area contributed by atoms with Crippen LogP contribution in [-0.4, -0.2) is 71.3 Å². The van der Waals surface area contributed by atoms with E-state index in [0.717, 1.165) is 35.3 Å². The summed E-state index contributed by atoms with van der Waals surface area (Å²) in [6.45, 7) is 1.11. The Bertz CT molecular complexity index is 1300. The first-order chi connectivity index (χ1) is 16.9. The third-order valence-electron chi connectivity index (χ3n) is 4.95. The van der Waals surface area contributed by atoms with Gasteiger partial charge in [0.05, 0.1) is 61.9 Å². The molecule has 3 aromatic rings. The molecule has 10 heteroatoms. The average molecular weight is 515 g/mol. The third-order valence-corrected chi connectivity index (χ3v) is 6.78. The zero-order chi connectivity index (χ0) is 26.9. The van der Waals surface area contributed by atoms with Crippen LogP contribution in [0.15, 0.2) is 82.6 Å². The third kappa shape index (κ3) is 7.64. The minimum absolute atomic E-state index is 0.0533. The summed E-state index contributed by atoms with van der Waals surface area (Å²) in [6, 6.07) is 17.1. The fraction of sp³-hybridized carbons (Fsp3) is 0.231. The van der Waals surface area contributed by atoms with Gasteiger partial charge in [0.15, 0.2) is 0 Å². The number of nitrogens with one attached hydrogen (secondary N) is 1. The van der Waals surface area contributed by atoms with Crippen LogP contribution in [0.1, 0.15) is 20.7 Å². The van der Waals surface area contributed by atoms with Gasteiger partial charge in [-0.15, -0.1) is 0 Å². The van der Waals surface area contributed by atoms with Gasteiger partial charge in [-0.1, -0.05) is 36.4 Å². The summed E-state index contributed by atoms with van der Waals surface area (Å²) in [4.78, 5) is 23.3. The van der Waals surface area contributed by atoms with Crippen molar-refractivity contribution in [2.24, 2.45) is 0 Å². The van der Waals surface area contributed by atoms with E-state index < -0.39 is 21.7 Å². The number of aliphatic hydroxyl groups excluding tert-OH is 1. The molecule has 0 atom stereocenters. The van der Waals surface area contributed by atoms with Crippen LogP contribution in [0.4, 0.5) is 5.69 Å². The second kappa shape index (κ2) is 12.3. The maximum Gasteiger partial charge on any atom is 0.257 e. The number of ether oxygens (including phenoxy) is 1. The molecule has 3 aromatic carbocycles. The summed E-state index contributed by atoms with van der Waals surface area (Å²) >= 11 is 0. The van der Waals surface area contributed by atoms with Crippen LogP contribution >= 0.6 is 0 Å². The van der Waals surface area contributed by atoms with Gasteiger partial charge >= 0.3 is 0 Å². The largest absolute Gasteiger partial charge is 0.545 e. The number of carboxylic acid groups (broad SMARTS) is 1. The number of nitrogens with zero attached hydrogens (tertiary/aromatic N) is 1.